The second-order valence-electron chi connectivity index (χ2n) is 6.05. The zero-order valence-electron chi connectivity index (χ0n) is 15.4. The molecular weight excluding hydrogens is 392 g/mol. The van der Waals surface area contributed by atoms with E-state index in [2.05, 4.69) is 9.97 Å². The van der Waals surface area contributed by atoms with E-state index in [4.69, 9.17) is 30.0 Å². The van der Waals surface area contributed by atoms with Crippen LogP contribution in [-0.2, 0) is 18.3 Å². The van der Waals surface area contributed by atoms with Crippen molar-refractivity contribution in [2.75, 3.05) is 24.4 Å². The predicted octanol–water partition coefficient (Wildman–Crippen LogP) is 2.97. The fourth-order valence-electron chi connectivity index (χ4n) is 1.84. The summed E-state index contributed by atoms with van der Waals surface area (Å²) in [6.45, 7) is 5.33. The molecule has 27 heavy (non-hydrogen) atoms. The molecule has 1 aromatic rings. The maximum Gasteiger partial charge on any atom is 0.418 e. The number of halogens is 3. The van der Waals surface area contributed by atoms with Crippen LogP contribution in [0.25, 0.3) is 0 Å². The maximum absolute atomic E-state index is 13.2. The highest BCUT2D eigenvalue weighted by Gasteiger charge is 2.43. The van der Waals surface area contributed by atoms with Crippen LogP contribution in [0.5, 0.6) is 5.88 Å². The number of rotatable bonds is 10. The number of nitrogens with two attached hydrogens (primary N) is 2. The summed E-state index contributed by atoms with van der Waals surface area (Å²) >= 11 is 0. The molecule has 1 rings (SSSR count). The van der Waals surface area contributed by atoms with Gasteiger partial charge in [-0.25, -0.2) is 0 Å². The Morgan fingerprint density at radius 3 is 2.11 bits per heavy atom. The van der Waals surface area contributed by atoms with Gasteiger partial charge in [-0.1, -0.05) is 0 Å². The highest BCUT2D eigenvalue weighted by molar-refractivity contribution is 7.53. The van der Waals surface area contributed by atoms with Crippen LogP contribution in [0.1, 0.15) is 27.7 Å². The van der Waals surface area contributed by atoms with Crippen LogP contribution >= 0.6 is 7.60 Å². The third-order valence-electron chi connectivity index (χ3n) is 2.66. The van der Waals surface area contributed by atoms with Gasteiger partial charge in [0.2, 0.25) is 11.8 Å². The van der Waals surface area contributed by atoms with Crippen LogP contribution in [0.2, 0.25) is 0 Å². The first-order chi connectivity index (χ1) is 12.3. The molecule has 1 unspecified atom stereocenters. The number of alkyl halides is 3. The van der Waals surface area contributed by atoms with Crippen molar-refractivity contribution in [3.05, 3.63) is 6.07 Å². The molecule has 1 heterocycles. The average Bonchev–Trinajstić information content (AvgIpc) is 2.42. The van der Waals surface area contributed by atoms with E-state index in [1.165, 1.54) is 0 Å². The van der Waals surface area contributed by atoms with Crippen LogP contribution in [-0.4, -0.2) is 47.4 Å². The van der Waals surface area contributed by atoms with Gasteiger partial charge in [0.1, 0.15) is 18.8 Å². The van der Waals surface area contributed by atoms with Crippen molar-refractivity contribution in [3.63, 3.8) is 0 Å². The van der Waals surface area contributed by atoms with Gasteiger partial charge in [0.25, 0.3) is 0 Å². The lowest BCUT2D eigenvalue weighted by atomic mass is 10.4. The van der Waals surface area contributed by atoms with Crippen LogP contribution < -0.4 is 16.2 Å². The van der Waals surface area contributed by atoms with Gasteiger partial charge in [0.15, 0.2) is 6.10 Å². The van der Waals surface area contributed by atoms with Gasteiger partial charge in [0.05, 0.1) is 12.2 Å². The third-order valence-corrected chi connectivity index (χ3v) is 4.62. The molecule has 4 N–H and O–H groups in total. The van der Waals surface area contributed by atoms with Gasteiger partial charge >= 0.3 is 13.8 Å². The number of hydrogen-bond donors (Lipinski definition) is 2. The zero-order chi connectivity index (χ0) is 20.8. The Kier molecular flexibility index (Phi) is 8.27. The van der Waals surface area contributed by atoms with Gasteiger partial charge < -0.3 is 30.0 Å². The predicted molar refractivity (Wildman–Crippen MR) is 92.2 cm³/mol. The molecule has 1 aromatic heterocycles. The average molecular weight is 416 g/mol. The summed E-state index contributed by atoms with van der Waals surface area (Å²) in [5.41, 5.74) is 10.8. The van der Waals surface area contributed by atoms with Crippen LogP contribution in [0, 0.1) is 0 Å². The summed E-state index contributed by atoms with van der Waals surface area (Å²) in [6, 6.07) is 1.11. The fraction of sp³-hybridized carbons (Fsp3) is 0.714. The molecule has 156 valence electrons. The number of hydrogen-bond acceptors (Lipinski definition) is 9. The second kappa shape index (κ2) is 9.54. The van der Waals surface area contributed by atoms with E-state index in [0.717, 1.165) is 6.07 Å². The third kappa shape index (κ3) is 8.74. The number of aromatic nitrogens is 2. The zero-order valence-corrected chi connectivity index (χ0v) is 16.3. The summed E-state index contributed by atoms with van der Waals surface area (Å²) in [4.78, 5) is 7.19. The van der Waals surface area contributed by atoms with Crippen molar-refractivity contribution in [3.8, 4) is 5.88 Å². The molecule has 9 nitrogen and oxygen atoms in total. The summed E-state index contributed by atoms with van der Waals surface area (Å²) in [5.74, 6) is -0.574. The van der Waals surface area contributed by atoms with Crippen molar-refractivity contribution in [1.29, 1.82) is 0 Å². The first-order valence-electron chi connectivity index (χ1n) is 7.97. The van der Waals surface area contributed by atoms with Gasteiger partial charge in [0, 0.05) is 6.07 Å². The minimum Gasteiger partial charge on any atom is -0.474 e. The highest BCUT2D eigenvalue weighted by atomic mass is 31.2. The summed E-state index contributed by atoms with van der Waals surface area (Å²) in [7, 11) is -3.91. The molecule has 0 aliphatic rings. The molecule has 0 spiro atoms. The standard InChI is InChI=1S/C14H24F3N4O5P/c1-8(2)25-27(22,26-9(3)4)7-24-10(14(15,16)17)6-23-12-5-11(18)20-13(19)21-12/h5,8-10H,6-7H2,1-4H3,(H4,18,19,20,21). The molecule has 0 aliphatic heterocycles. The van der Waals surface area contributed by atoms with E-state index in [-0.39, 0.29) is 17.6 Å². The molecular formula is C14H24F3N4O5P. The number of nitrogen functional groups attached to an aromatic ring is 2. The van der Waals surface area contributed by atoms with Gasteiger partial charge in [-0.2, -0.15) is 23.1 Å². The quantitative estimate of drug-likeness (QED) is 0.552. The molecule has 1 atom stereocenters. The van der Waals surface area contributed by atoms with Crippen LogP contribution in [0.3, 0.4) is 0 Å². The second-order valence-corrected chi connectivity index (χ2v) is 7.95. The number of ether oxygens (including phenoxy) is 2. The first kappa shape index (κ1) is 23.4. The van der Waals surface area contributed by atoms with Crippen molar-refractivity contribution in [1.82, 2.24) is 9.97 Å². The van der Waals surface area contributed by atoms with Crippen LogP contribution in [0.15, 0.2) is 6.07 Å². The van der Waals surface area contributed by atoms with Gasteiger partial charge in [-0.3, -0.25) is 4.57 Å². The summed E-state index contributed by atoms with van der Waals surface area (Å²) < 4.78 is 72.3. The maximum atomic E-state index is 13.2. The molecule has 0 saturated heterocycles. The van der Waals surface area contributed by atoms with Gasteiger partial charge in [-0.05, 0) is 27.7 Å². The van der Waals surface area contributed by atoms with E-state index in [9.17, 15) is 17.7 Å². The molecule has 0 saturated carbocycles. The Morgan fingerprint density at radius 2 is 1.67 bits per heavy atom. The Morgan fingerprint density at radius 1 is 1.11 bits per heavy atom. The Hall–Kier alpha value is -1.62. The molecule has 0 radical (unpaired) electrons. The number of nitrogens with zero attached hydrogens (tertiary/aromatic N) is 2. The Bertz CT molecular complexity index is 626. The smallest absolute Gasteiger partial charge is 0.418 e. The number of anilines is 2. The lowest BCUT2D eigenvalue weighted by Gasteiger charge is -2.26. The largest absolute Gasteiger partial charge is 0.474 e. The Balaban J connectivity index is 2.83. The molecule has 0 aromatic carbocycles. The lowest BCUT2D eigenvalue weighted by Crippen LogP contribution is -2.37. The van der Waals surface area contributed by atoms with Crippen molar-refractivity contribution in [2.24, 2.45) is 0 Å². The molecule has 0 aliphatic carbocycles. The Labute approximate surface area is 155 Å². The van der Waals surface area contributed by atoms with Crippen molar-refractivity contribution in [2.45, 2.75) is 52.2 Å². The van der Waals surface area contributed by atoms with E-state index in [0.29, 0.717) is 0 Å². The van der Waals surface area contributed by atoms with Crippen LogP contribution in [0.4, 0.5) is 24.9 Å². The molecule has 13 heteroatoms. The van der Waals surface area contributed by atoms with Crippen molar-refractivity contribution >= 4 is 19.4 Å². The highest BCUT2D eigenvalue weighted by Crippen LogP contribution is 2.51. The lowest BCUT2D eigenvalue weighted by molar-refractivity contribution is -0.223. The summed E-state index contributed by atoms with van der Waals surface area (Å²) in [5, 5.41) is 0. The van der Waals surface area contributed by atoms with Crippen molar-refractivity contribution < 1.29 is 36.3 Å². The summed E-state index contributed by atoms with van der Waals surface area (Å²) in [6.07, 6.45) is -9.18. The van der Waals surface area contributed by atoms with Gasteiger partial charge in [-0.15, -0.1) is 0 Å². The SMILES string of the molecule is CC(C)OP(=O)(COC(COc1cc(N)nc(N)n1)C(F)(F)F)OC(C)C. The fourth-order valence-corrected chi connectivity index (χ4v) is 3.66. The normalized spacial score (nSPS) is 14.0. The minimum atomic E-state index is -4.80. The molecule has 0 fully saturated rings. The first-order valence-corrected chi connectivity index (χ1v) is 9.70. The monoisotopic (exact) mass is 416 g/mol. The minimum absolute atomic E-state index is 0.0675. The molecule has 0 amide bonds. The van der Waals surface area contributed by atoms with E-state index in [1.807, 2.05) is 0 Å². The molecule has 0 bridgehead atoms. The van der Waals surface area contributed by atoms with E-state index >= 15 is 0 Å². The topological polar surface area (TPSA) is 132 Å². The van der Waals surface area contributed by atoms with E-state index < -0.39 is 45.0 Å². The van der Waals surface area contributed by atoms with E-state index in [1.54, 1.807) is 27.7 Å².